The minimum Gasteiger partial charge on any atom is -0.369 e. The number of rotatable bonds is 1. The van der Waals surface area contributed by atoms with Gasteiger partial charge in [0.15, 0.2) is 0 Å². The predicted octanol–water partition coefficient (Wildman–Crippen LogP) is 1.56. The summed E-state index contributed by atoms with van der Waals surface area (Å²) >= 11 is 3.37. The fourth-order valence-electron chi connectivity index (χ4n) is 1.99. The van der Waals surface area contributed by atoms with E-state index in [9.17, 15) is 4.79 Å². The molecule has 0 amide bonds. The van der Waals surface area contributed by atoms with Gasteiger partial charge >= 0.3 is 5.69 Å². The first-order valence-corrected chi connectivity index (χ1v) is 6.01. The third-order valence-corrected chi connectivity index (χ3v) is 3.13. The van der Waals surface area contributed by atoms with Crippen molar-refractivity contribution in [3.63, 3.8) is 0 Å². The second-order valence-corrected chi connectivity index (χ2v) is 4.73. The maximum Gasteiger partial charge on any atom is 0.347 e. The summed E-state index contributed by atoms with van der Waals surface area (Å²) in [7, 11) is 0. The number of H-pyrrole nitrogens is 1. The van der Waals surface area contributed by atoms with Crippen LogP contribution in [0.3, 0.4) is 0 Å². The molecule has 1 aliphatic heterocycles. The molecule has 3 rings (SSSR count). The number of aromatic nitrogens is 3. The van der Waals surface area contributed by atoms with E-state index >= 15 is 0 Å². The van der Waals surface area contributed by atoms with Crippen LogP contribution in [0.15, 0.2) is 27.7 Å². The van der Waals surface area contributed by atoms with Crippen molar-refractivity contribution in [3.8, 4) is 11.3 Å². The Bertz CT molecular complexity index is 638. The van der Waals surface area contributed by atoms with Crippen LogP contribution >= 0.6 is 15.9 Å². The number of anilines is 1. The summed E-state index contributed by atoms with van der Waals surface area (Å²) < 4.78 is 0.882. The number of halogens is 1. The Kier molecular flexibility index (Phi) is 2.44. The maximum absolute atomic E-state index is 11.5. The molecule has 2 N–H and O–H groups in total. The molecule has 5 nitrogen and oxygen atoms in total. The monoisotopic (exact) mass is 292 g/mol. The van der Waals surface area contributed by atoms with Gasteiger partial charge in [0.2, 0.25) is 0 Å². The second-order valence-electron chi connectivity index (χ2n) is 3.81. The molecule has 0 atom stereocenters. The highest BCUT2D eigenvalue weighted by Crippen LogP contribution is 2.28. The van der Waals surface area contributed by atoms with Crippen molar-refractivity contribution < 1.29 is 0 Å². The zero-order valence-corrected chi connectivity index (χ0v) is 10.4. The van der Waals surface area contributed by atoms with Gasteiger partial charge in [-0.1, -0.05) is 0 Å². The van der Waals surface area contributed by atoms with Gasteiger partial charge in [-0.2, -0.15) is 4.98 Å². The van der Waals surface area contributed by atoms with Crippen LogP contribution in [0.5, 0.6) is 0 Å². The van der Waals surface area contributed by atoms with E-state index in [-0.39, 0.29) is 5.69 Å². The number of hydrogen-bond acceptors (Lipinski definition) is 4. The third-order valence-electron chi connectivity index (χ3n) is 2.69. The van der Waals surface area contributed by atoms with E-state index in [1.54, 1.807) is 12.4 Å². The van der Waals surface area contributed by atoms with Crippen molar-refractivity contribution in [2.75, 3.05) is 11.9 Å². The van der Waals surface area contributed by atoms with Crippen LogP contribution in [0, 0.1) is 0 Å². The van der Waals surface area contributed by atoms with Crippen LogP contribution in [0.1, 0.15) is 5.56 Å². The zero-order chi connectivity index (χ0) is 11.8. The van der Waals surface area contributed by atoms with Gasteiger partial charge in [-0.15, -0.1) is 0 Å². The number of hydrogen-bond donors (Lipinski definition) is 2. The highest BCUT2D eigenvalue weighted by Gasteiger charge is 2.18. The lowest BCUT2D eigenvalue weighted by molar-refractivity contribution is 1.05. The lowest BCUT2D eigenvalue weighted by atomic mass is 10.1. The zero-order valence-electron chi connectivity index (χ0n) is 8.83. The van der Waals surface area contributed by atoms with E-state index < -0.39 is 0 Å². The molecule has 0 saturated heterocycles. The first-order valence-electron chi connectivity index (χ1n) is 5.22. The minimum absolute atomic E-state index is 0.340. The van der Waals surface area contributed by atoms with E-state index in [2.05, 4.69) is 36.2 Å². The average molecular weight is 293 g/mol. The molecular weight excluding hydrogens is 284 g/mol. The van der Waals surface area contributed by atoms with Gasteiger partial charge in [0, 0.05) is 34.5 Å². The van der Waals surface area contributed by atoms with Crippen LogP contribution in [-0.4, -0.2) is 21.5 Å². The van der Waals surface area contributed by atoms with Crippen LogP contribution in [0.25, 0.3) is 11.3 Å². The normalized spacial score (nSPS) is 13.2. The van der Waals surface area contributed by atoms with Gasteiger partial charge in [-0.3, -0.25) is 4.98 Å². The standard InChI is InChI=1S/C11H9BrN4O/c12-7-3-6(4-13-5-7)9-8-1-2-14-10(8)16-11(17)15-9/h3-5H,1-2H2,(H2,14,15,16,17). The molecule has 17 heavy (non-hydrogen) atoms. The topological polar surface area (TPSA) is 70.7 Å². The summed E-state index contributed by atoms with van der Waals surface area (Å²) in [5.41, 5.74) is 2.40. The Morgan fingerprint density at radius 2 is 2.24 bits per heavy atom. The average Bonchev–Trinajstić information content (AvgIpc) is 2.75. The van der Waals surface area contributed by atoms with Gasteiger partial charge in [0.1, 0.15) is 5.82 Å². The van der Waals surface area contributed by atoms with Gasteiger partial charge in [0.25, 0.3) is 0 Å². The first kappa shape index (κ1) is 10.5. The number of pyridine rings is 1. The van der Waals surface area contributed by atoms with Crippen molar-refractivity contribution in [2.45, 2.75) is 6.42 Å². The summed E-state index contributed by atoms with van der Waals surface area (Å²) in [6, 6.07) is 1.93. The summed E-state index contributed by atoms with van der Waals surface area (Å²) in [4.78, 5) is 22.3. The molecule has 1 aliphatic rings. The molecule has 0 unspecified atom stereocenters. The van der Waals surface area contributed by atoms with Crippen LogP contribution < -0.4 is 11.0 Å². The van der Waals surface area contributed by atoms with Gasteiger partial charge in [-0.25, -0.2) is 4.79 Å². The number of nitrogens with zero attached hydrogens (tertiary/aromatic N) is 2. The van der Waals surface area contributed by atoms with E-state index in [1.165, 1.54) is 0 Å². The molecule has 6 heteroatoms. The summed E-state index contributed by atoms with van der Waals surface area (Å²) in [6.45, 7) is 0.814. The fraction of sp³-hybridized carbons (Fsp3) is 0.182. The Hall–Kier alpha value is -1.69. The molecule has 2 aromatic rings. The highest BCUT2D eigenvalue weighted by atomic mass is 79.9. The van der Waals surface area contributed by atoms with Gasteiger partial charge in [0.05, 0.1) is 5.69 Å². The quantitative estimate of drug-likeness (QED) is 0.837. The van der Waals surface area contributed by atoms with E-state index in [0.29, 0.717) is 5.82 Å². The smallest absolute Gasteiger partial charge is 0.347 e. The summed E-state index contributed by atoms with van der Waals surface area (Å²) in [6.07, 6.45) is 4.30. The third kappa shape index (κ3) is 1.84. The van der Waals surface area contributed by atoms with Crippen molar-refractivity contribution >= 4 is 21.7 Å². The molecule has 0 fully saturated rings. The second kappa shape index (κ2) is 3.96. The lowest BCUT2D eigenvalue weighted by Gasteiger charge is -2.06. The van der Waals surface area contributed by atoms with E-state index in [1.807, 2.05) is 6.07 Å². The number of fused-ring (bicyclic) bond motifs is 1. The molecular formula is C11H9BrN4O. The predicted molar refractivity (Wildman–Crippen MR) is 68.0 cm³/mol. The molecule has 0 bridgehead atoms. The molecule has 0 aromatic carbocycles. The molecule has 0 saturated carbocycles. The van der Waals surface area contributed by atoms with Crippen molar-refractivity contribution in [1.82, 2.24) is 15.0 Å². The molecule has 86 valence electrons. The van der Waals surface area contributed by atoms with Crippen molar-refractivity contribution in [3.05, 3.63) is 39.0 Å². The van der Waals surface area contributed by atoms with E-state index in [4.69, 9.17) is 0 Å². The Morgan fingerprint density at radius 3 is 3.06 bits per heavy atom. The van der Waals surface area contributed by atoms with Crippen LogP contribution in [0.4, 0.5) is 5.82 Å². The Labute approximate surface area is 105 Å². The van der Waals surface area contributed by atoms with Crippen LogP contribution in [-0.2, 0) is 6.42 Å². The number of nitrogens with one attached hydrogen (secondary N) is 2. The van der Waals surface area contributed by atoms with Crippen molar-refractivity contribution in [2.24, 2.45) is 0 Å². The lowest BCUT2D eigenvalue weighted by Crippen LogP contribution is -2.13. The summed E-state index contributed by atoms with van der Waals surface area (Å²) in [5, 5.41) is 3.10. The molecule has 2 aromatic heterocycles. The van der Waals surface area contributed by atoms with Gasteiger partial charge < -0.3 is 10.3 Å². The first-order chi connectivity index (χ1) is 8.24. The Balaban J connectivity index is 2.24. The molecule has 0 aliphatic carbocycles. The van der Waals surface area contributed by atoms with Crippen molar-refractivity contribution in [1.29, 1.82) is 0 Å². The Morgan fingerprint density at radius 1 is 1.35 bits per heavy atom. The largest absolute Gasteiger partial charge is 0.369 e. The SMILES string of the molecule is O=c1nc2c(c(-c3cncc(Br)c3)[nH]1)CCN2. The number of aromatic amines is 1. The summed E-state index contributed by atoms with van der Waals surface area (Å²) in [5.74, 6) is 0.684. The fourth-order valence-corrected chi connectivity index (χ4v) is 2.35. The molecule has 0 radical (unpaired) electrons. The maximum atomic E-state index is 11.5. The molecule has 3 heterocycles. The van der Waals surface area contributed by atoms with Gasteiger partial charge in [-0.05, 0) is 28.4 Å². The minimum atomic E-state index is -0.340. The van der Waals surface area contributed by atoms with E-state index in [0.717, 1.165) is 34.3 Å². The highest BCUT2D eigenvalue weighted by molar-refractivity contribution is 9.10. The van der Waals surface area contributed by atoms with Crippen LogP contribution in [0.2, 0.25) is 0 Å². The molecule has 0 spiro atoms.